The molecule has 0 aliphatic rings. The van der Waals surface area contributed by atoms with Crippen molar-refractivity contribution < 1.29 is 0 Å². The molecule has 10 heteroatoms. The van der Waals surface area contributed by atoms with Gasteiger partial charge < -0.3 is 21.4 Å². The third-order valence-corrected chi connectivity index (χ3v) is 14.2. The molecule has 81 heavy (non-hydrogen) atoms. The zero-order chi connectivity index (χ0) is 58.8. The van der Waals surface area contributed by atoms with Gasteiger partial charge in [-0.2, -0.15) is 5.10 Å². The molecule has 0 bridgehead atoms. The minimum atomic E-state index is 0.129. The van der Waals surface area contributed by atoms with Crippen LogP contribution in [-0.4, -0.2) is 40.1 Å². The summed E-state index contributed by atoms with van der Waals surface area (Å²) in [5, 5.41) is 14.3. The molecule has 0 saturated heterocycles. The molecule has 0 spiro atoms. The maximum absolute atomic E-state index is 5.70. The molecule has 0 aliphatic carbocycles. The van der Waals surface area contributed by atoms with E-state index in [9.17, 15) is 0 Å². The second-order valence-corrected chi connectivity index (χ2v) is 24.9. The number of fused-ring (bicyclic) bond motifs is 6. The molecule has 420 valence electrons. The smallest absolute Gasteiger partial charge is 0.198 e. The number of H-pyrrole nitrogens is 3. The molecule has 0 radical (unpaired) electrons. The summed E-state index contributed by atoms with van der Waals surface area (Å²) in [5.74, 6) is 3.56. The van der Waals surface area contributed by atoms with Crippen LogP contribution in [0, 0.1) is 6.92 Å². The molecule has 5 heterocycles. The lowest BCUT2D eigenvalue weighted by Gasteiger charge is -2.19. The number of aryl methyl sites for hydroxylation is 1. The maximum atomic E-state index is 5.70. The molecular formula is C71H86N10. The average Bonchev–Trinajstić information content (AvgIpc) is 4.18. The summed E-state index contributed by atoms with van der Waals surface area (Å²) < 4.78 is 0. The molecule has 5 aromatic heterocycles. The van der Waals surface area contributed by atoms with Gasteiger partial charge in [0.1, 0.15) is 5.82 Å². The van der Waals surface area contributed by atoms with Crippen LogP contribution in [-0.2, 0) is 16.2 Å². The van der Waals surface area contributed by atoms with Gasteiger partial charge in [0.25, 0.3) is 0 Å². The first-order valence-corrected chi connectivity index (χ1v) is 28.4. The summed E-state index contributed by atoms with van der Waals surface area (Å²) in [4.78, 5) is 23.9. The van der Waals surface area contributed by atoms with Gasteiger partial charge in [-0.15, -0.1) is 0 Å². The molecule has 7 N–H and O–H groups in total. The van der Waals surface area contributed by atoms with E-state index in [1.165, 1.54) is 54.7 Å². The standard InChI is InChI=1S/C14H16.2C13H15N.C11H14N2.2C10H13N3/c1-14(2,3)13-9-8-11-6-4-5-7-12(11)10-13;1-13(2,3)11-8-10-6-4-5-7-12(10)14-9-11;1-13(2,3)12-8-10-6-4-5-7-11(10)9-14-12;1-7(2)9-5-4-6-10-11(9)13-8(3)12-10;1-6(2)7-4-3-5-8-9(7)13-10(11)12-8;1-6(2)7-4-3-5-8-9(7)12-13-10(8)11/h4-10H,1-3H3;2*4-9H,1-3H3;4-7H,1-3H3,(H,12,13);2*3-6H,1-2H3,(H3,11,12,13). The fourth-order valence-electron chi connectivity index (χ4n) is 9.38. The number of pyridine rings is 2. The second-order valence-electron chi connectivity index (χ2n) is 24.9. The minimum Gasteiger partial charge on any atom is -0.382 e. The Balaban J connectivity index is 0.000000140. The molecular weight excluding hydrogens is 993 g/mol. The van der Waals surface area contributed by atoms with Crippen LogP contribution in [0.3, 0.4) is 0 Å². The molecule has 0 atom stereocenters. The number of benzene rings is 7. The average molecular weight is 1080 g/mol. The van der Waals surface area contributed by atoms with Gasteiger partial charge in [0.15, 0.2) is 11.8 Å². The van der Waals surface area contributed by atoms with Crippen molar-refractivity contribution in [2.24, 2.45) is 0 Å². The first-order valence-electron chi connectivity index (χ1n) is 28.4. The first kappa shape index (κ1) is 60.3. The Labute approximate surface area is 480 Å². The SMILES string of the molecule is CC(C)(C)c1cc2ccccc2cn1.CC(C)(C)c1ccc2ccccc2c1.CC(C)(C)c1cnc2ccccc2c1.CC(C)c1cccc2[nH]c(N)nc12.CC(C)c1cccc2c(N)n[nH]c12.Cc1nc2c(C(C)C)cccc2[nH]1. The van der Waals surface area contributed by atoms with E-state index in [0.29, 0.717) is 29.5 Å². The molecule has 0 unspecified atom stereocenters. The van der Waals surface area contributed by atoms with Gasteiger partial charge in [0.2, 0.25) is 0 Å². The van der Waals surface area contributed by atoms with Crippen molar-refractivity contribution in [2.45, 2.75) is 145 Å². The number of nitrogens with two attached hydrogens (primary N) is 2. The Bertz CT molecular complexity index is 3660. The predicted molar refractivity (Wildman–Crippen MR) is 348 cm³/mol. The Morgan fingerprint density at radius 2 is 0.938 bits per heavy atom. The van der Waals surface area contributed by atoms with E-state index in [-0.39, 0.29) is 16.2 Å². The van der Waals surface area contributed by atoms with E-state index in [1.807, 2.05) is 61.8 Å². The number of imidazole rings is 2. The quantitative estimate of drug-likeness (QED) is 0.118. The monoisotopic (exact) mass is 1080 g/mol. The van der Waals surface area contributed by atoms with Gasteiger partial charge in [-0.05, 0) is 116 Å². The van der Waals surface area contributed by atoms with E-state index in [4.69, 9.17) is 11.5 Å². The summed E-state index contributed by atoms with van der Waals surface area (Å²) in [7, 11) is 0. The van der Waals surface area contributed by atoms with Crippen molar-refractivity contribution >= 4 is 77.2 Å². The summed E-state index contributed by atoms with van der Waals surface area (Å²) >= 11 is 0. The Morgan fingerprint density at radius 3 is 1.53 bits per heavy atom. The number of aromatic amines is 3. The van der Waals surface area contributed by atoms with Crippen LogP contribution in [0.5, 0.6) is 0 Å². The van der Waals surface area contributed by atoms with Gasteiger partial charge in [-0.3, -0.25) is 15.1 Å². The van der Waals surface area contributed by atoms with Crippen LogP contribution < -0.4 is 11.5 Å². The van der Waals surface area contributed by atoms with E-state index in [0.717, 1.165) is 50.0 Å². The molecule has 12 aromatic rings. The summed E-state index contributed by atoms with van der Waals surface area (Å²) in [6, 6.07) is 54.7. The van der Waals surface area contributed by atoms with Crippen molar-refractivity contribution in [3.63, 3.8) is 0 Å². The zero-order valence-corrected chi connectivity index (χ0v) is 50.8. The van der Waals surface area contributed by atoms with Crippen LogP contribution in [0.2, 0.25) is 0 Å². The number of aromatic nitrogens is 8. The number of nitrogens with one attached hydrogen (secondary N) is 3. The van der Waals surface area contributed by atoms with E-state index in [2.05, 4.69) is 259 Å². The van der Waals surface area contributed by atoms with Crippen molar-refractivity contribution in [1.82, 2.24) is 40.1 Å². The van der Waals surface area contributed by atoms with E-state index >= 15 is 0 Å². The normalized spacial score (nSPS) is 11.6. The minimum absolute atomic E-state index is 0.129. The van der Waals surface area contributed by atoms with Gasteiger partial charge in [-0.1, -0.05) is 225 Å². The van der Waals surface area contributed by atoms with Crippen LogP contribution in [0.25, 0.3) is 65.4 Å². The van der Waals surface area contributed by atoms with Gasteiger partial charge in [-0.25, -0.2) is 9.97 Å². The number of nitrogen functional groups attached to an aromatic ring is 2. The number of anilines is 2. The third kappa shape index (κ3) is 15.7. The number of hydrogen-bond donors (Lipinski definition) is 5. The molecule has 7 aromatic carbocycles. The van der Waals surface area contributed by atoms with Crippen LogP contribution in [0.15, 0.2) is 170 Å². The summed E-state index contributed by atoms with van der Waals surface area (Å²) in [6.45, 7) is 34.9. The molecule has 12 rings (SSSR count). The lowest BCUT2D eigenvalue weighted by atomic mass is 9.86. The molecule has 0 saturated carbocycles. The highest BCUT2D eigenvalue weighted by molar-refractivity contribution is 5.91. The van der Waals surface area contributed by atoms with Crippen LogP contribution >= 0.6 is 0 Å². The fraction of sp³-hybridized carbons (Fsp3) is 0.310. The van der Waals surface area contributed by atoms with Crippen molar-refractivity contribution in [3.8, 4) is 0 Å². The molecule has 10 nitrogen and oxygen atoms in total. The van der Waals surface area contributed by atoms with Crippen molar-refractivity contribution in [2.75, 3.05) is 11.5 Å². The van der Waals surface area contributed by atoms with Crippen molar-refractivity contribution in [1.29, 1.82) is 0 Å². The topological polar surface area (TPSA) is 164 Å². The van der Waals surface area contributed by atoms with E-state index in [1.54, 1.807) is 0 Å². The summed E-state index contributed by atoms with van der Waals surface area (Å²) in [5.41, 5.74) is 25.9. The van der Waals surface area contributed by atoms with Gasteiger partial charge in [0, 0.05) is 39.7 Å². The van der Waals surface area contributed by atoms with Crippen LogP contribution in [0.1, 0.15) is 161 Å². The third-order valence-electron chi connectivity index (χ3n) is 14.2. The highest BCUT2D eigenvalue weighted by Gasteiger charge is 2.17. The predicted octanol–water partition coefficient (Wildman–Crippen LogP) is 18.7. The largest absolute Gasteiger partial charge is 0.382 e. The van der Waals surface area contributed by atoms with E-state index < -0.39 is 0 Å². The fourth-order valence-corrected chi connectivity index (χ4v) is 9.38. The first-order chi connectivity index (χ1) is 38.3. The molecule has 0 aliphatic heterocycles. The Kier molecular flexibility index (Phi) is 19.2. The Morgan fingerprint density at radius 1 is 0.432 bits per heavy atom. The summed E-state index contributed by atoms with van der Waals surface area (Å²) in [6.07, 6.45) is 3.93. The Hall–Kier alpha value is -8.37. The maximum Gasteiger partial charge on any atom is 0.198 e. The number of hydrogen-bond acceptors (Lipinski definition) is 7. The van der Waals surface area contributed by atoms with Gasteiger partial charge >= 0.3 is 0 Å². The lowest BCUT2D eigenvalue weighted by Crippen LogP contribution is -2.12. The molecule has 0 fully saturated rings. The number of nitrogens with zero attached hydrogens (tertiary/aromatic N) is 5. The van der Waals surface area contributed by atoms with Crippen LogP contribution in [0.4, 0.5) is 11.8 Å². The molecule has 0 amide bonds. The number of para-hydroxylation sites is 4. The highest BCUT2D eigenvalue weighted by Crippen LogP contribution is 2.30. The van der Waals surface area contributed by atoms with Crippen molar-refractivity contribution in [3.05, 3.63) is 209 Å². The number of rotatable bonds is 3. The lowest BCUT2D eigenvalue weighted by molar-refractivity contribution is 0.570. The van der Waals surface area contributed by atoms with Gasteiger partial charge in [0.05, 0.1) is 33.1 Å². The second kappa shape index (κ2) is 25.8. The zero-order valence-electron chi connectivity index (χ0n) is 50.8. The highest BCUT2D eigenvalue weighted by atomic mass is 15.2.